The Labute approximate surface area is 104 Å². The van der Waals surface area contributed by atoms with Gasteiger partial charge in [0.25, 0.3) is 5.56 Å². The molecule has 7 heteroatoms. The Morgan fingerprint density at radius 3 is 2.61 bits per heavy atom. The molecule has 1 aliphatic rings. The Morgan fingerprint density at radius 2 is 2.00 bits per heavy atom. The molecular formula is C11H7ClF2N2O2. The second-order valence-electron chi connectivity index (χ2n) is 4.24. The Bertz CT molecular complexity index is 777. The van der Waals surface area contributed by atoms with E-state index in [2.05, 4.69) is 4.98 Å². The first kappa shape index (κ1) is 11.4. The molecule has 0 atom stereocenters. The number of hydrogen-bond donors (Lipinski definition) is 1. The number of halogens is 3. The monoisotopic (exact) mass is 272 g/mol. The van der Waals surface area contributed by atoms with Crippen LogP contribution in [0.25, 0.3) is 10.9 Å². The highest BCUT2D eigenvalue weighted by molar-refractivity contribution is 6.35. The van der Waals surface area contributed by atoms with Gasteiger partial charge in [-0.1, -0.05) is 11.6 Å². The Balaban J connectivity index is 2.59. The fourth-order valence-corrected chi connectivity index (χ4v) is 2.28. The molecule has 1 N–H and O–H groups in total. The molecular weight excluding hydrogens is 266 g/mol. The van der Waals surface area contributed by atoms with Crippen molar-refractivity contribution in [3.63, 3.8) is 0 Å². The summed E-state index contributed by atoms with van der Waals surface area (Å²) in [7, 11) is 0. The third-order valence-corrected chi connectivity index (χ3v) is 3.32. The number of hydrogen-bond acceptors (Lipinski definition) is 2. The number of nitrogens with one attached hydrogen (secondary N) is 1. The van der Waals surface area contributed by atoms with Gasteiger partial charge in [-0.15, -0.1) is 0 Å². The van der Waals surface area contributed by atoms with Crippen LogP contribution in [-0.4, -0.2) is 9.55 Å². The molecule has 0 aliphatic heterocycles. The van der Waals surface area contributed by atoms with Gasteiger partial charge in [-0.25, -0.2) is 13.6 Å². The van der Waals surface area contributed by atoms with E-state index in [4.69, 9.17) is 11.6 Å². The van der Waals surface area contributed by atoms with E-state index in [1.54, 1.807) is 0 Å². The Morgan fingerprint density at radius 1 is 1.33 bits per heavy atom. The van der Waals surface area contributed by atoms with Gasteiger partial charge in [0.15, 0.2) is 11.6 Å². The maximum atomic E-state index is 13.5. The first-order chi connectivity index (χ1) is 8.50. The number of benzene rings is 1. The predicted octanol–water partition coefficient (Wildman–Crippen LogP) is 1.96. The van der Waals surface area contributed by atoms with E-state index < -0.39 is 27.9 Å². The smallest absolute Gasteiger partial charge is 0.289 e. The van der Waals surface area contributed by atoms with Crippen LogP contribution in [-0.2, 0) is 0 Å². The van der Waals surface area contributed by atoms with E-state index in [0.29, 0.717) is 0 Å². The van der Waals surface area contributed by atoms with Crippen LogP contribution in [0.1, 0.15) is 18.9 Å². The lowest BCUT2D eigenvalue weighted by atomic mass is 10.2. The third-order valence-electron chi connectivity index (χ3n) is 2.97. The highest BCUT2D eigenvalue weighted by Crippen LogP contribution is 2.37. The lowest BCUT2D eigenvalue weighted by Crippen LogP contribution is -2.30. The zero-order chi connectivity index (χ0) is 13.0. The molecule has 1 aliphatic carbocycles. The molecule has 0 unspecified atom stereocenters. The average molecular weight is 273 g/mol. The number of H-pyrrole nitrogens is 1. The van der Waals surface area contributed by atoms with Crippen molar-refractivity contribution < 1.29 is 8.78 Å². The van der Waals surface area contributed by atoms with Crippen LogP contribution in [0.3, 0.4) is 0 Å². The SMILES string of the molecule is O=c1[nH]c(=O)n(C2CC2)c2c(Cl)c(F)c(F)cc12. The van der Waals surface area contributed by atoms with Gasteiger partial charge in [0, 0.05) is 6.04 Å². The summed E-state index contributed by atoms with van der Waals surface area (Å²) in [5.74, 6) is -2.46. The van der Waals surface area contributed by atoms with Crippen LogP contribution in [0.5, 0.6) is 0 Å². The maximum Gasteiger partial charge on any atom is 0.329 e. The van der Waals surface area contributed by atoms with Crippen molar-refractivity contribution in [3.8, 4) is 0 Å². The zero-order valence-electron chi connectivity index (χ0n) is 8.97. The second-order valence-corrected chi connectivity index (χ2v) is 4.62. The van der Waals surface area contributed by atoms with Crippen LogP contribution < -0.4 is 11.2 Å². The topological polar surface area (TPSA) is 54.9 Å². The number of aromatic nitrogens is 2. The predicted molar refractivity (Wildman–Crippen MR) is 62.0 cm³/mol. The molecule has 1 heterocycles. The minimum atomic E-state index is -1.25. The fourth-order valence-electron chi connectivity index (χ4n) is 2.00. The second kappa shape index (κ2) is 3.65. The summed E-state index contributed by atoms with van der Waals surface area (Å²) in [6.45, 7) is 0. The maximum absolute atomic E-state index is 13.5. The van der Waals surface area contributed by atoms with Crippen LogP contribution in [0.2, 0.25) is 5.02 Å². The highest BCUT2D eigenvalue weighted by atomic mass is 35.5. The summed E-state index contributed by atoms with van der Waals surface area (Å²) in [4.78, 5) is 25.4. The molecule has 1 aromatic carbocycles. The lowest BCUT2D eigenvalue weighted by Gasteiger charge is -2.10. The quantitative estimate of drug-likeness (QED) is 0.807. The lowest BCUT2D eigenvalue weighted by molar-refractivity contribution is 0.510. The molecule has 1 fully saturated rings. The van der Waals surface area contributed by atoms with Gasteiger partial charge in [-0.2, -0.15) is 0 Å². The molecule has 0 spiro atoms. The molecule has 0 amide bonds. The van der Waals surface area contributed by atoms with E-state index in [0.717, 1.165) is 18.9 Å². The number of fused-ring (bicyclic) bond motifs is 1. The molecule has 18 heavy (non-hydrogen) atoms. The summed E-state index contributed by atoms with van der Waals surface area (Å²) in [6.07, 6.45) is 1.49. The van der Waals surface area contributed by atoms with Crippen LogP contribution >= 0.6 is 11.6 Å². The van der Waals surface area contributed by atoms with Crippen molar-refractivity contribution in [1.29, 1.82) is 0 Å². The molecule has 2 aromatic rings. The van der Waals surface area contributed by atoms with Crippen molar-refractivity contribution >= 4 is 22.5 Å². The molecule has 3 rings (SSSR count). The number of rotatable bonds is 1. The van der Waals surface area contributed by atoms with Gasteiger partial charge in [0.2, 0.25) is 0 Å². The van der Waals surface area contributed by atoms with Crippen LogP contribution in [0.15, 0.2) is 15.7 Å². The summed E-state index contributed by atoms with van der Waals surface area (Å²) in [5, 5.41) is -0.648. The van der Waals surface area contributed by atoms with Crippen molar-refractivity contribution in [2.45, 2.75) is 18.9 Å². The van der Waals surface area contributed by atoms with Gasteiger partial charge >= 0.3 is 5.69 Å². The summed E-state index contributed by atoms with van der Waals surface area (Å²) >= 11 is 5.72. The molecule has 0 bridgehead atoms. The van der Waals surface area contributed by atoms with Crippen molar-refractivity contribution in [3.05, 3.63) is 43.6 Å². The fraction of sp³-hybridized carbons (Fsp3) is 0.273. The average Bonchev–Trinajstić information content (AvgIpc) is 3.12. The largest absolute Gasteiger partial charge is 0.329 e. The van der Waals surface area contributed by atoms with Gasteiger partial charge < -0.3 is 0 Å². The molecule has 1 aromatic heterocycles. The summed E-state index contributed by atoms with van der Waals surface area (Å²) in [6, 6.07) is 0.646. The van der Waals surface area contributed by atoms with E-state index in [1.165, 1.54) is 4.57 Å². The van der Waals surface area contributed by atoms with Crippen molar-refractivity contribution in [2.24, 2.45) is 0 Å². The van der Waals surface area contributed by atoms with E-state index in [9.17, 15) is 18.4 Å². The number of aromatic amines is 1. The first-order valence-electron chi connectivity index (χ1n) is 5.32. The van der Waals surface area contributed by atoms with Crippen molar-refractivity contribution in [2.75, 3.05) is 0 Å². The van der Waals surface area contributed by atoms with Crippen molar-refractivity contribution in [1.82, 2.24) is 9.55 Å². The van der Waals surface area contributed by atoms with Crippen LogP contribution in [0.4, 0.5) is 8.78 Å². The van der Waals surface area contributed by atoms with Gasteiger partial charge in [0.1, 0.15) is 5.02 Å². The normalized spacial score (nSPS) is 15.3. The Hall–Kier alpha value is -1.69. The standard InChI is InChI=1S/C11H7ClF2N2O2/c12-7-8(14)6(13)3-5-9(7)16(4-1-2-4)11(18)15-10(5)17/h3-4H,1-2H2,(H,15,17,18). The molecule has 4 nitrogen and oxygen atoms in total. The van der Waals surface area contributed by atoms with Gasteiger partial charge in [-0.05, 0) is 18.9 Å². The number of nitrogens with zero attached hydrogens (tertiary/aromatic N) is 1. The van der Waals surface area contributed by atoms with E-state index >= 15 is 0 Å². The van der Waals surface area contributed by atoms with E-state index in [1.807, 2.05) is 0 Å². The molecule has 0 saturated heterocycles. The van der Waals surface area contributed by atoms with Gasteiger partial charge in [-0.3, -0.25) is 14.3 Å². The minimum absolute atomic E-state index is 0.0354. The molecule has 94 valence electrons. The summed E-state index contributed by atoms with van der Waals surface area (Å²) < 4.78 is 27.9. The summed E-state index contributed by atoms with van der Waals surface area (Å²) in [5.41, 5.74) is -1.46. The highest BCUT2D eigenvalue weighted by Gasteiger charge is 2.29. The molecule has 1 saturated carbocycles. The Kier molecular flexibility index (Phi) is 2.31. The van der Waals surface area contributed by atoms with Crippen LogP contribution in [0, 0.1) is 11.6 Å². The molecule has 0 radical (unpaired) electrons. The zero-order valence-corrected chi connectivity index (χ0v) is 9.72. The first-order valence-corrected chi connectivity index (χ1v) is 5.70. The van der Waals surface area contributed by atoms with Gasteiger partial charge in [0.05, 0.1) is 10.9 Å². The third kappa shape index (κ3) is 1.49. The minimum Gasteiger partial charge on any atom is -0.289 e. The van der Waals surface area contributed by atoms with E-state index in [-0.39, 0.29) is 16.9 Å².